The van der Waals surface area contributed by atoms with Crippen LogP contribution in [-0.4, -0.2) is 20.9 Å². The number of benzene rings is 2. The first kappa shape index (κ1) is 19.4. The molecule has 2 aromatic carbocycles. The summed E-state index contributed by atoms with van der Waals surface area (Å²) in [5.74, 6) is -0.658. The van der Waals surface area contributed by atoms with Crippen molar-refractivity contribution in [3.63, 3.8) is 0 Å². The van der Waals surface area contributed by atoms with Gasteiger partial charge in [0.1, 0.15) is 5.82 Å². The second-order valence-corrected chi connectivity index (χ2v) is 7.65. The summed E-state index contributed by atoms with van der Waals surface area (Å²) in [5, 5.41) is 3.17. The molecule has 1 amide bonds. The van der Waals surface area contributed by atoms with E-state index in [1.807, 2.05) is 0 Å². The average molecular weight is 385 g/mol. The van der Waals surface area contributed by atoms with Crippen molar-refractivity contribution >= 4 is 27.5 Å². The third-order valence-corrected chi connectivity index (χ3v) is 5.24. The zero-order valence-electron chi connectivity index (χ0n) is 13.5. The molecule has 5 nitrogen and oxygen atoms in total. The van der Waals surface area contributed by atoms with E-state index < -0.39 is 10.0 Å². The molecule has 2 aromatic rings. The molecule has 0 aliphatic carbocycles. The second kappa shape index (κ2) is 8.42. The Labute approximate surface area is 151 Å². The van der Waals surface area contributed by atoms with Gasteiger partial charge in [0.25, 0.3) is 0 Å². The fraction of sp³-hybridized carbons (Fsp3) is 0.235. The van der Waals surface area contributed by atoms with Crippen molar-refractivity contribution < 1.29 is 17.6 Å². The maximum Gasteiger partial charge on any atom is 0.240 e. The molecule has 0 fully saturated rings. The summed E-state index contributed by atoms with van der Waals surface area (Å²) < 4.78 is 39.4. The summed E-state index contributed by atoms with van der Waals surface area (Å²) in [6.45, 7) is 1.73. The number of halogens is 2. The highest BCUT2D eigenvalue weighted by atomic mass is 35.5. The lowest BCUT2D eigenvalue weighted by atomic mass is 10.1. The molecule has 0 aliphatic heterocycles. The lowest BCUT2D eigenvalue weighted by Crippen LogP contribution is -2.32. The van der Waals surface area contributed by atoms with E-state index in [2.05, 4.69) is 10.0 Å². The predicted octanol–water partition coefficient (Wildman–Crippen LogP) is 3.02. The van der Waals surface area contributed by atoms with Gasteiger partial charge in [-0.25, -0.2) is 17.5 Å². The van der Waals surface area contributed by atoms with E-state index in [-0.39, 0.29) is 35.6 Å². The fourth-order valence-corrected chi connectivity index (χ4v) is 3.30. The Hall–Kier alpha value is -1.96. The summed E-state index contributed by atoms with van der Waals surface area (Å²) >= 11 is 5.73. The van der Waals surface area contributed by atoms with Crippen LogP contribution in [0.15, 0.2) is 53.4 Å². The van der Waals surface area contributed by atoms with Gasteiger partial charge in [0.05, 0.1) is 10.9 Å². The highest BCUT2D eigenvalue weighted by molar-refractivity contribution is 7.89. The summed E-state index contributed by atoms with van der Waals surface area (Å²) in [4.78, 5) is 12.0. The van der Waals surface area contributed by atoms with Gasteiger partial charge in [0.2, 0.25) is 15.9 Å². The molecule has 0 unspecified atom stereocenters. The predicted molar refractivity (Wildman–Crippen MR) is 94.2 cm³/mol. The lowest BCUT2D eigenvalue weighted by molar-refractivity contribution is -0.121. The molecule has 0 spiro atoms. The quantitative estimate of drug-likeness (QED) is 0.770. The van der Waals surface area contributed by atoms with Crippen LogP contribution >= 0.6 is 11.6 Å². The molecular formula is C17H18ClFN2O3S. The van der Waals surface area contributed by atoms with Gasteiger partial charge >= 0.3 is 0 Å². The van der Waals surface area contributed by atoms with Crippen LogP contribution in [0.4, 0.5) is 4.39 Å². The third-order valence-electron chi connectivity index (χ3n) is 3.52. The van der Waals surface area contributed by atoms with Crippen LogP contribution in [0.5, 0.6) is 0 Å². The number of rotatable bonds is 7. The summed E-state index contributed by atoms with van der Waals surface area (Å²) in [7, 11) is -3.69. The van der Waals surface area contributed by atoms with Crippen LogP contribution in [0.3, 0.4) is 0 Å². The van der Waals surface area contributed by atoms with E-state index in [4.69, 9.17) is 11.6 Å². The standard InChI is InChI=1S/C17H18ClFN2O3S/c1-12(13-2-6-15(19)7-3-13)21-17(22)10-11-20-25(23,24)16-8-4-14(18)5-9-16/h2-9,12,20H,10-11H2,1H3,(H,21,22)/t12-/m1/s1. The Bertz CT molecular complexity index is 824. The molecule has 2 N–H and O–H groups in total. The second-order valence-electron chi connectivity index (χ2n) is 5.44. The van der Waals surface area contributed by atoms with Crippen molar-refractivity contribution in [3.8, 4) is 0 Å². The summed E-state index contributed by atoms with van der Waals surface area (Å²) in [6.07, 6.45) is -0.0155. The molecule has 0 aliphatic rings. The van der Waals surface area contributed by atoms with Crippen molar-refractivity contribution in [1.29, 1.82) is 0 Å². The van der Waals surface area contributed by atoms with Gasteiger partial charge in [-0.2, -0.15) is 0 Å². The molecule has 0 saturated carbocycles. The first-order valence-electron chi connectivity index (χ1n) is 7.58. The molecule has 0 bridgehead atoms. The highest BCUT2D eigenvalue weighted by Crippen LogP contribution is 2.14. The lowest BCUT2D eigenvalue weighted by Gasteiger charge is -2.14. The fourth-order valence-electron chi connectivity index (χ4n) is 2.14. The van der Waals surface area contributed by atoms with Crippen molar-refractivity contribution in [2.24, 2.45) is 0 Å². The maximum atomic E-state index is 12.9. The van der Waals surface area contributed by atoms with Crippen molar-refractivity contribution in [2.45, 2.75) is 24.3 Å². The largest absolute Gasteiger partial charge is 0.350 e. The van der Waals surface area contributed by atoms with Gasteiger partial charge in [-0.15, -0.1) is 0 Å². The average Bonchev–Trinajstić information content (AvgIpc) is 2.55. The molecule has 1 atom stereocenters. The number of sulfonamides is 1. The summed E-state index contributed by atoms with van der Waals surface area (Å²) in [6, 6.07) is 11.2. The molecule has 0 saturated heterocycles. The molecular weight excluding hydrogens is 367 g/mol. The third kappa shape index (κ3) is 5.81. The molecule has 0 heterocycles. The van der Waals surface area contributed by atoms with E-state index in [0.717, 1.165) is 5.56 Å². The van der Waals surface area contributed by atoms with E-state index in [9.17, 15) is 17.6 Å². The van der Waals surface area contributed by atoms with Gasteiger partial charge in [-0.05, 0) is 48.9 Å². The first-order chi connectivity index (χ1) is 11.8. The molecule has 0 radical (unpaired) electrons. The van der Waals surface area contributed by atoms with Crippen molar-refractivity contribution in [2.75, 3.05) is 6.54 Å². The molecule has 25 heavy (non-hydrogen) atoms. The topological polar surface area (TPSA) is 75.3 Å². The van der Waals surface area contributed by atoms with Crippen LogP contribution in [0, 0.1) is 5.82 Å². The maximum absolute atomic E-state index is 12.9. The Morgan fingerprint density at radius 1 is 1.12 bits per heavy atom. The zero-order chi connectivity index (χ0) is 18.4. The highest BCUT2D eigenvalue weighted by Gasteiger charge is 2.15. The van der Waals surface area contributed by atoms with E-state index >= 15 is 0 Å². The normalized spacial score (nSPS) is 12.6. The van der Waals surface area contributed by atoms with Gasteiger partial charge in [0, 0.05) is 18.0 Å². The van der Waals surface area contributed by atoms with E-state index in [1.54, 1.807) is 19.1 Å². The van der Waals surface area contributed by atoms with Gasteiger partial charge in [-0.3, -0.25) is 4.79 Å². The smallest absolute Gasteiger partial charge is 0.240 e. The first-order valence-corrected chi connectivity index (χ1v) is 9.44. The van der Waals surface area contributed by atoms with Crippen molar-refractivity contribution in [1.82, 2.24) is 10.0 Å². The van der Waals surface area contributed by atoms with Crippen LogP contribution in [0.25, 0.3) is 0 Å². The monoisotopic (exact) mass is 384 g/mol. The molecule has 0 aromatic heterocycles. The van der Waals surface area contributed by atoms with Gasteiger partial charge < -0.3 is 5.32 Å². The number of hydrogen-bond acceptors (Lipinski definition) is 3. The minimum absolute atomic E-state index is 0.0155. The zero-order valence-corrected chi connectivity index (χ0v) is 15.1. The number of amides is 1. The van der Waals surface area contributed by atoms with Crippen molar-refractivity contribution in [3.05, 3.63) is 64.9 Å². The van der Waals surface area contributed by atoms with Crippen LogP contribution < -0.4 is 10.0 Å². The minimum atomic E-state index is -3.69. The molecule has 8 heteroatoms. The number of carbonyl (C=O) groups excluding carboxylic acids is 1. The Kier molecular flexibility index (Phi) is 6.52. The van der Waals surface area contributed by atoms with Crippen LogP contribution in [-0.2, 0) is 14.8 Å². The van der Waals surface area contributed by atoms with E-state index in [0.29, 0.717) is 5.02 Å². The summed E-state index contributed by atoms with van der Waals surface area (Å²) in [5.41, 5.74) is 0.761. The van der Waals surface area contributed by atoms with E-state index in [1.165, 1.54) is 36.4 Å². The van der Waals surface area contributed by atoms with Gasteiger partial charge in [0.15, 0.2) is 0 Å². The van der Waals surface area contributed by atoms with Crippen LogP contribution in [0.1, 0.15) is 24.9 Å². The Morgan fingerprint density at radius 3 is 2.32 bits per heavy atom. The number of hydrogen-bond donors (Lipinski definition) is 2. The Morgan fingerprint density at radius 2 is 1.72 bits per heavy atom. The Balaban J connectivity index is 1.83. The van der Waals surface area contributed by atoms with Crippen LogP contribution in [0.2, 0.25) is 5.02 Å². The number of nitrogens with one attached hydrogen (secondary N) is 2. The van der Waals surface area contributed by atoms with Gasteiger partial charge in [-0.1, -0.05) is 23.7 Å². The number of carbonyl (C=O) groups is 1. The SMILES string of the molecule is C[C@@H](NC(=O)CCNS(=O)(=O)c1ccc(Cl)cc1)c1ccc(F)cc1. The molecule has 134 valence electrons. The minimum Gasteiger partial charge on any atom is -0.350 e. The molecule has 2 rings (SSSR count).